The number of hydrogen-bond acceptors (Lipinski definition) is 2. The zero-order valence-corrected chi connectivity index (χ0v) is 16.2. The summed E-state index contributed by atoms with van der Waals surface area (Å²) in [6, 6.07) is 13.3. The first-order chi connectivity index (χ1) is 13.2. The minimum Gasteiger partial charge on any atom is -0.289 e. The smallest absolute Gasteiger partial charge is 0.0515 e. The lowest BCUT2D eigenvalue weighted by Gasteiger charge is -2.61. The number of aromatic nitrogens is 1. The van der Waals surface area contributed by atoms with Crippen LogP contribution in [0.4, 0.5) is 0 Å². The number of likely N-dealkylation sites (tertiary alicyclic amines) is 1. The lowest BCUT2D eigenvalue weighted by molar-refractivity contribution is -0.0968. The monoisotopic (exact) mass is 356 g/mol. The van der Waals surface area contributed by atoms with Crippen LogP contribution in [0, 0.1) is 30.1 Å². The van der Waals surface area contributed by atoms with Crippen LogP contribution in [0.15, 0.2) is 42.6 Å². The Balaban J connectivity index is 1.66. The van der Waals surface area contributed by atoms with E-state index in [1.54, 1.807) is 0 Å². The van der Waals surface area contributed by atoms with Gasteiger partial charge in [0.25, 0.3) is 0 Å². The third kappa shape index (κ3) is 2.64. The van der Waals surface area contributed by atoms with Crippen LogP contribution in [0.2, 0.25) is 0 Å². The SMILES string of the molecule is C#Cc1cnc2c(c1)[C@@]13C[C@H](C)C[C@@H](C2)[C@H]1CCCN3Cc1ccccc1. The van der Waals surface area contributed by atoms with Crippen molar-refractivity contribution in [1.29, 1.82) is 0 Å². The Hall–Kier alpha value is -2.11. The molecule has 4 atom stereocenters. The van der Waals surface area contributed by atoms with E-state index in [0.29, 0.717) is 0 Å². The molecule has 0 unspecified atom stereocenters. The van der Waals surface area contributed by atoms with E-state index in [1.807, 2.05) is 6.20 Å². The Labute approximate surface area is 163 Å². The average molecular weight is 357 g/mol. The van der Waals surface area contributed by atoms with Gasteiger partial charge >= 0.3 is 0 Å². The second-order valence-corrected chi connectivity index (χ2v) is 8.95. The van der Waals surface area contributed by atoms with Crippen molar-refractivity contribution in [2.75, 3.05) is 6.54 Å². The van der Waals surface area contributed by atoms with E-state index in [4.69, 9.17) is 11.4 Å². The molecule has 3 aliphatic rings. The average Bonchev–Trinajstić information content (AvgIpc) is 2.69. The van der Waals surface area contributed by atoms with E-state index >= 15 is 0 Å². The molecule has 2 heteroatoms. The Morgan fingerprint density at radius 1 is 1.30 bits per heavy atom. The summed E-state index contributed by atoms with van der Waals surface area (Å²) < 4.78 is 0. The zero-order chi connectivity index (χ0) is 18.4. The van der Waals surface area contributed by atoms with Gasteiger partial charge in [-0.1, -0.05) is 43.2 Å². The van der Waals surface area contributed by atoms with Crippen molar-refractivity contribution in [3.05, 3.63) is 65.0 Å². The van der Waals surface area contributed by atoms with Crippen molar-refractivity contribution in [2.24, 2.45) is 17.8 Å². The maximum atomic E-state index is 5.76. The molecule has 2 aromatic rings. The number of hydrogen-bond donors (Lipinski definition) is 0. The summed E-state index contributed by atoms with van der Waals surface area (Å²) in [7, 11) is 0. The highest BCUT2D eigenvalue weighted by atomic mass is 15.2. The van der Waals surface area contributed by atoms with E-state index < -0.39 is 0 Å². The van der Waals surface area contributed by atoms with E-state index in [9.17, 15) is 0 Å². The number of pyridine rings is 1. The van der Waals surface area contributed by atoms with Crippen LogP contribution in [-0.2, 0) is 18.5 Å². The van der Waals surface area contributed by atoms with Crippen molar-refractivity contribution >= 4 is 0 Å². The van der Waals surface area contributed by atoms with E-state index in [0.717, 1.165) is 36.3 Å². The summed E-state index contributed by atoms with van der Waals surface area (Å²) in [5.41, 5.74) is 5.21. The highest BCUT2D eigenvalue weighted by molar-refractivity contribution is 5.43. The predicted molar refractivity (Wildman–Crippen MR) is 109 cm³/mol. The molecule has 2 bridgehead atoms. The van der Waals surface area contributed by atoms with Gasteiger partial charge in [0.1, 0.15) is 0 Å². The van der Waals surface area contributed by atoms with Crippen LogP contribution in [0.5, 0.6) is 0 Å². The first-order valence-electron chi connectivity index (χ1n) is 10.5. The van der Waals surface area contributed by atoms with Crippen molar-refractivity contribution in [3.63, 3.8) is 0 Å². The number of rotatable bonds is 2. The fourth-order valence-electron chi connectivity index (χ4n) is 6.46. The van der Waals surface area contributed by atoms with Gasteiger partial charge in [-0.25, -0.2) is 0 Å². The largest absolute Gasteiger partial charge is 0.289 e. The lowest BCUT2D eigenvalue weighted by atomic mass is 9.53. The predicted octanol–water partition coefficient (Wildman–Crippen LogP) is 4.77. The normalized spacial score (nSPS) is 32.2. The molecular formula is C25H28N2. The number of fused-ring (bicyclic) bond motifs is 1. The third-order valence-electron chi connectivity index (χ3n) is 7.33. The van der Waals surface area contributed by atoms with Crippen molar-refractivity contribution in [1.82, 2.24) is 9.88 Å². The molecule has 1 saturated carbocycles. The topological polar surface area (TPSA) is 16.1 Å². The van der Waals surface area contributed by atoms with Crippen LogP contribution < -0.4 is 0 Å². The summed E-state index contributed by atoms with van der Waals surface area (Å²) >= 11 is 0. The summed E-state index contributed by atoms with van der Waals surface area (Å²) in [6.07, 6.45) is 14.0. The maximum absolute atomic E-state index is 5.76. The van der Waals surface area contributed by atoms with Crippen LogP contribution in [0.1, 0.15) is 55.0 Å². The molecule has 0 N–H and O–H groups in total. The standard InChI is InChI=1S/C25H28N2/c1-3-19-13-23-24(26-16-19)14-21-12-18(2)15-25(23)22(21)10-7-11-27(25)17-20-8-5-4-6-9-20/h1,4-6,8-9,13,16,18,21-22H,7,10-12,14-15,17H2,2H3/t18-,21+,22-,25-/m1/s1. The molecule has 1 saturated heterocycles. The molecule has 2 nitrogen and oxygen atoms in total. The van der Waals surface area contributed by atoms with E-state index in [-0.39, 0.29) is 5.54 Å². The van der Waals surface area contributed by atoms with Gasteiger partial charge < -0.3 is 0 Å². The lowest BCUT2D eigenvalue weighted by Crippen LogP contribution is -2.61. The van der Waals surface area contributed by atoms with Gasteiger partial charge in [-0.3, -0.25) is 9.88 Å². The molecule has 27 heavy (non-hydrogen) atoms. The van der Waals surface area contributed by atoms with Gasteiger partial charge in [0.2, 0.25) is 0 Å². The summed E-state index contributed by atoms with van der Waals surface area (Å²) in [5.74, 6) is 5.10. The number of nitrogens with zero attached hydrogens (tertiary/aromatic N) is 2. The van der Waals surface area contributed by atoms with Crippen LogP contribution in [-0.4, -0.2) is 16.4 Å². The third-order valence-corrected chi connectivity index (χ3v) is 7.33. The van der Waals surface area contributed by atoms with Crippen molar-refractivity contribution in [3.8, 4) is 12.3 Å². The molecular weight excluding hydrogens is 328 g/mol. The van der Waals surface area contributed by atoms with Crippen molar-refractivity contribution in [2.45, 2.75) is 51.1 Å². The molecule has 0 radical (unpaired) electrons. The molecule has 0 amide bonds. The Morgan fingerprint density at radius 2 is 2.15 bits per heavy atom. The molecule has 1 aromatic heterocycles. The fourth-order valence-corrected chi connectivity index (χ4v) is 6.46. The molecule has 2 aliphatic carbocycles. The first kappa shape index (κ1) is 17.0. The Morgan fingerprint density at radius 3 is 2.96 bits per heavy atom. The number of benzene rings is 1. The summed E-state index contributed by atoms with van der Waals surface area (Å²) in [4.78, 5) is 7.65. The maximum Gasteiger partial charge on any atom is 0.0515 e. The van der Waals surface area contributed by atoms with Crippen LogP contribution in [0.25, 0.3) is 0 Å². The summed E-state index contributed by atoms with van der Waals surface area (Å²) in [5, 5.41) is 0. The number of terminal acetylenes is 1. The molecule has 138 valence electrons. The molecule has 5 rings (SSSR count). The first-order valence-corrected chi connectivity index (χ1v) is 10.5. The molecule has 1 aromatic carbocycles. The van der Waals surface area contributed by atoms with Gasteiger partial charge in [0.05, 0.1) is 5.54 Å². The van der Waals surface area contributed by atoms with Gasteiger partial charge in [0.15, 0.2) is 0 Å². The molecule has 2 heterocycles. The van der Waals surface area contributed by atoms with E-state index in [1.165, 1.54) is 49.0 Å². The number of piperidine rings is 1. The minimum atomic E-state index is 0.115. The highest BCUT2D eigenvalue weighted by Crippen LogP contribution is 2.59. The van der Waals surface area contributed by atoms with Gasteiger partial charge in [-0.05, 0) is 73.6 Å². The Bertz CT molecular complexity index is 881. The van der Waals surface area contributed by atoms with Crippen molar-refractivity contribution < 1.29 is 0 Å². The van der Waals surface area contributed by atoms with Gasteiger partial charge in [-0.2, -0.15) is 0 Å². The zero-order valence-electron chi connectivity index (χ0n) is 16.2. The van der Waals surface area contributed by atoms with E-state index in [2.05, 4.69) is 54.1 Å². The minimum absolute atomic E-state index is 0.115. The fraction of sp³-hybridized carbons (Fsp3) is 0.480. The molecule has 1 aliphatic heterocycles. The Kier molecular flexibility index (Phi) is 4.10. The van der Waals surface area contributed by atoms with Crippen LogP contribution >= 0.6 is 0 Å². The highest BCUT2D eigenvalue weighted by Gasteiger charge is 2.57. The quantitative estimate of drug-likeness (QED) is 0.721. The van der Waals surface area contributed by atoms with Gasteiger partial charge in [-0.15, -0.1) is 6.42 Å². The second kappa shape index (κ2) is 6.50. The second-order valence-electron chi connectivity index (χ2n) is 8.95. The molecule has 0 spiro atoms. The summed E-state index contributed by atoms with van der Waals surface area (Å²) in [6.45, 7) is 4.64. The van der Waals surface area contributed by atoms with Crippen LogP contribution in [0.3, 0.4) is 0 Å². The molecule has 2 fully saturated rings. The van der Waals surface area contributed by atoms with Gasteiger partial charge in [0, 0.05) is 24.0 Å².